The zero-order valence-corrected chi connectivity index (χ0v) is 11.7. The zero-order chi connectivity index (χ0) is 11.4. The van der Waals surface area contributed by atoms with Crippen LogP contribution >= 0.6 is 23.5 Å². The Balaban J connectivity index is 1.92. The smallest absolute Gasteiger partial charge is 0.0509 e. The molecule has 0 aromatic carbocycles. The van der Waals surface area contributed by atoms with E-state index in [0.29, 0.717) is 17.2 Å². The Kier molecular flexibility index (Phi) is 5.33. The van der Waals surface area contributed by atoms with E-state index in [4.69, 9.17) is 10.5 Å². The molecule has 0 spiro atoms. The number of nitrogens with two attached hydrogens (primary N) is 1. The molecule has 0 aromatic heterocycles. The van der Waals surface area contributed by atoms with E-state index in [2.05, 4.69) is 30.4 Å². The highest BCUT2D eigenvalue weighted by Crippen LogP contribution is 2.37. The molecule has 2 N–H and O–H groups in total. The second-order valence-corrected chi connectivity index (χ2v) is 7.34. The van der Waals surface area contributed by atoms with Gasteiger partial charge in [0.1, 0.15) is 0 Å². The average molecular weight is 261 g/mol. The zero-order valence-electron chi connectivity index (χ0n) is 10.1. The van der Waals surface area contributed by atoms with Crippen molar-refractivity contribution in [1.29, 1.82) is 0 Å². The van der Waals surface area contributed by atoms with Gasteiger partial charge >= 0.3 is 0 Å². The minimum atomic E-state index is 0.336. The number of ether oxygens (including phenoxy) is 1. The Morgan fingerprint density at radius 2 is 2.19 bits per heavy atom. The van der Waals surface area contributed by atoms with E-state index in [0.717, 1.165) is 18.5 Å². The quantitative estimate of drug-likeness (QED) is 0.846. The highest BCUT2D eigenvalue weighted by Gasteiger charge is 2.34. The van der Waals surface area contributed by atoms with Crippen molar-refractivity contribution in [1.82, 2.24) is 0 Å². The van der Waals surface area contributed by atoms with Crippen LogP contribution in [-0.2, 0) is 4.74 Å². The van der Waals surface area contributed by atoms with Crippen molar-refractivity contribution in [3.05, 3.63) is 0 Å². The predicted molar refractivity (Wildman–Crippen MR) is 74.3 cm³/mol. The first-order valence-electron chi connectivity index (χ1n) is 6.39. The van der Waals surface area contributed by atoms with Gasteiger partial charge < -0.3 is 10.5 Å². The maximum atomic E-state index is 6.47. The van der Waals surface area contributed by atoms with Gasteiger partial charge in [-0.1, -0.05) is 6.92 Å². The molecule has 0 saturated carbocycles. The summed E-state index contributed by atoms with van der Waals surface area (Å²) in [6, 6.07) is 0.336. The summed E-state index contributed by atoms with van der Waals surface area (Å²) in [5, 5.41) is 1.41. The first-order valence-corrected chi connectivity index (χ1v) is 8.49. The van der Waals surface area contributed by atoms with Gasteiger partial charge in [0.25, 0.3) is 0 Å². The molecule has 2 saturated heterocycles. The van der Waals surface area contributed by atoms with Crippen LogP contribution in [0.4, 0.5) is 0 Å². The number of rotatable bonds is 3. The lowest BCUT2D eigenvalue weighted by molar-refractivity contribution is 0.0445. The molecule has 4 unspecified atom stereocenters. The van der Waals surface area contributed by atoms with Gasteiger partial charge in [-0.3, -0.25) is 0 Å². The third-order valence-corrected chi connectivity index (χ3v) is 7.01. The summed E-state index contributed by atoms with van der Waals surface area (Å²) in [5.74, 6) is 3.17. The van der Waals surface area contributed by atoms with Crippen LogP contribution in [0.25, 0.3) is 0 Å². The SMILES string of the molecule is CCC1SCCSC1C(N)C1CCCOC1. The fourth-order valence-corrected chi connectivity index (χ4v) is 5.91. The van der Waals surface area contributed by atoms with E-state index in [1.54, 1.807) is 0 Å². The van der Waals surface area contributed by atoms with Crippen molar-refractivity contribution in [2.45, 2.75) is 42.7 Å². The Labute approximate surface area is 107 Å². The van der Waals surface area contributed by atoms with E-state index >= 15 is 0 Å². The van der Waals surface area contributed by atoms with Gasteiger partial charge in [-0.15, -0.1) is 0 Å². The minimum Gasteiger partial charge on any atom is -0.381 e. The molecule has 4 atom stereocenters. The lowest BCUT2D eigenvalue weighted by Gasteiger charge is -2.38. The molecule has 0 aromatic rings. The van der Waals surface area contributed by atoms with Crippen LogP contribution < -0.4 is 5.73 Å². The number of thioether (sulfide) groups is 2. The van der Waals surface area contributed by atoms with Crippen LogP contribution in [0.1, 0.15) is 26.2 Å². The fraction of sp³-hybridized carbons (Fsp3) is 1.00. The van der Waals surface area contributed by atoms with Crippen molar-refractivity contribution in [3.63, 3.8) is 0 Å². The van der Waals surface area contributed by atoms with E-state index in [-0.39, 0.29) is 0 Å². The molecular weight excluding hydrogens is 238 g/mol. The Bertz CT molecular complexity index is 209. The van der Waals surface area contributed by atoms with Crippen LogP contribution in [0, 0.1) is 5.92 Å². The molecule has 16 heavy (non-hydrogen) atoms. The molecule has 0 amide bonds. The summed E-state index contributed by atoms with van der Waals surface area (Å²) in [7, 11) is 0. The van der Waals surface area contributed by atoms with Crippen LogP contribution in [0.2, 0.25) is 0 Å². The Hall–Kier alpha value is 0.620. The van der Waals surface area contributed by atoms with Gasteiger partial charge in [-0.2, -0.15) is 23.5 Å². The lowest BCUT2D eigenvalue weighted by atomic mass is 9.90. The second-order valence-electron chi connectivity index (χ2n) is 4.71. The molecule has 94 valence electrons. The van der Waals surface area contributed by atoms with Gasteiger partial charge in [0.05, 0.1) is 6.61 Å². The van der Waals surface area contributed by atoms with Crippen molar-refractivity contribution in [2.75, 3.05) is 24.7 Å². The third-order valence-electron chi connectivity index (χ3n) is 3.61. The number of hydrogen-bond donors (Lipinski definition) is 1. The summed E-state index contributed by atoms with van der Waals surface area (Å²) in [6.07, 6.45) is 3.71. The molecule has 0 bridgehead atoms. The van der Waals surface area contributed by atoms with Crippen LogP contribution in [0.5, 0.6) is 0 Å². The van der Waals surface area contributed by atoms with Crippen LogP contribution in [0.15, 0.2) is 0 Å². The second kappa shape index (κ2) is 6.53. The van der Waals surface area contributed by atoms with Gasteiger partial charge in [0.15, 0.2) is 0 Å². The van der Waals surface area contributed by atoms with Crippen LogP contribution in [-0.4, -0.2) is 41.3 Å². The summed E-state index contributed by atoms with van der Waals surface area (Å²) < 4.78 is 5.57. The topological polar surface area (TPSA) is 35.2 Å². The Morgan fingerprint density at radius 1 is 1.38 bits per heavy atom. The highest BCUT2D eigenvalue weighted by molar-refractivity contribution is 8.07. The normalized spacial score (nSPS) is 38.2. The predicted octanol–water partition coefficient (Wildman–Crippen LogP) is 2.37. The highest BCUT2D eigenvalue weighted by atomic mass is 32.2. The first-order chi connectivity index (χ1) is 7.83. The van der Waals surface area contributed by atoms with Gasteiger partial charge in [-0.05, 0) is 25.2 Å². The molecule has 2 nitrogen and oxygen atoms in total. The van der Waals surface area contributed by atoms with Crippen molar-refractivity contribution >= 4 is 23.5 Å². The summed E-state index contributed by atoms with van der Waals surface area (Å²) >= 11 is 4.22. The Morgan fingerprint density at radius 3 is 2.88 bits per heavy atom. The van der Waals surface area contributed by atoms with Crippen molar-refractivity contribution in [3.8, 4) is 0 Å². The maximum absolute atomic E-state index is 6.47. The molecule has 4 heteroatoms. The molecule has 2 aliphatic rings. The monoisotopic (exact) mass is 261 g/mol. The average Bonchev–Trinajstić information content (AvgIpc) is 2.39. The van der Waals surface area contributed by atoms with Crippen molar-refractivity contribution < 1.29 is 4.74 Å². The lowest BCUT2D eigenvalue weighted by Crippen LogP contribution is -2.48. The molecule has 2 heterocycles. The largest absolute Gasteiger partial charge is 0.381 e. The molecule has 2 fully saturated rings. The minimum absolute atomic E-state index is 0.336. The maximum Gasteiger partial charge on any atom is 0.0509 e. The molecule has 0 radical (unpaired) electrons. The summed E-state index contributed by atoms with van der Waals surface area (Å²) in [4.78, 5) is 0. The van der Waals surface area contributed by atoms with E-state index in [9.17, 15) is 0 Å². The van der Waals surface area contributed by atoms with Crippen LogP contribution in [0.3, 0.4) is 0 Å². The van der Waals surface area contributed by atoms with E-state index in [1.165, 1.54) is 30.8 Å². The molecular formula is C12H23NOS2. The van der Waals surface area contributed by atoms with Gasteiger partial charge in [0, 0.05) is 34.7 Å². The summed E-state index contributed by atoms with van der Waals surface area (Å²) in [6.45, 7) is 4.12. The van der Waals surface area contributed by atoms with Gasteiger partial charge in [-0.25, -0.2) is 0 Å². The molecule has 0 aliphatic carbocycles. The first kappa shape index (κ1) is 13.1. The third kappa shape index (κ3) is 3.09. The standard InChI is InChI=1S/C12H23NOS2/c1-2-10-12(16-7-6-15-10)11(13)9-4-3-5-14-8-9/h9-12H,2-8,13H2,1H3. The van der Waals surface area contributed by atoms with Crippen molar-refractivity contribution in [2.24, 2.45) is 11.7 Å². The fourth-order valence-electron chi connectivity index (χ4n) is 2.63. The van der Waals surface area contributed by atoms with Gasteiger partial charge in [0.2, 0.25) is 0 Å². The van der Waals surface area contributed by atoms with E-state index in [1.807, 2.05) is 0 Å². The van der Waals surface area contributed by atoms with E-state index < -0.39 is 0 Å². The molecule has 2 rings (SSSR count). The molecule has 2 aliphatic heterocycles. The summed E-state index contributed by atoms with van der Waals surface area (Å²) in [5.41, 5.74) is 6.47. The number of hydrogen-bond acceptors (Lipinski definition) is 4.